The third-order valence-corrected chi connectivity index (χ3v) is 3.11. The van der Waals surface area contributed by atoms with Crippen molar-refractivity contribution in [3.05, 3.63) is 24.0 Å². The average molecular weight is 236 g/mol. The van der Waals surface area contributed by atoms with Gasteiger partial charge >= 0.3 is 0 Å². The summed E-state index contributed by atoms with van der Waals surface area (Å²) in [5.41, 5.74) is 0.452. The van der Waals surface area contributed by atoms with Crippen molar-refractivity contribution >= 4 is 5.91 Å². The first-order valence-electron chi connectivity index (χ1n) is 6.09. The minimum Gasteiger partial charge on any atom is -0.396 e. The van der Waals surface area contributed by atoms with Crippen molar-refractivity contribution in [1.82, 2.24) is 9.88 Å². The van der Waals surface area contributed by atoms with Gasteiger partial charge in [-0.15, -0.1) is 0 Å². The molecule has 2 N–H and O–H groups in total. The van der Waals surface area contributed by atoms with Gasteiger partial charge in [-0.1, -0.05) is 13.8 Å². The Morgan fingerprint density at radius 2 is 2.29 bits per heavy atom. The summed E-state index contributed by atoms with van der Waals surface area (Å²) in [4.78, 5) is 12.0. The van der Waals surface area contributed by atoms with Gasteiger partial charge in [-0.25, -0.2) is 0 Å². The van der Waals surface area contributed by atoms with E-state index < -0.39 is 0 Å². The lowest BCUT2D eigenvalue weighted by Gasteiger charge is -2.22. The van der Waals surface area contributed by atoms with Crippen LogP contribution in [-0.2, 0) is 0 Å². The van der Waals surface area contributed by atoms with E-state index in [0.717, 1.165) is 18.5 Å². The van der Waals surface area contributed by atoms with Gasteiger partial charge in [0.2, 0.25) is 0 Å². The fraction of sp³-hybridized carbons (Fsp3) is 0.615. The number of aliphatic hydroxyl groups is 1. The second-order valence-corrected chi connectivity index (χ2v) is 5.54. The van der Waals surface area contributed by atoms with Gasteiger partial charge in [-0.2, -0.15) is 0 Å². The first-order valence-corrected chi connectivity index (χ1v) is 6.09. The summed E-state index contributed by atoms with van der Waals surface area (Å²) in [7, 11) is 0. The summed E-state index contributed by atoms with van der Waals surface area (Å²) in [6, 6.07) is 4.26. The zero-order chi connectivity index (χ0) is 12.5. The molecule has 1 heterocycles. The molecule has 0 unspecified atom stereocenters. The molecule has 1 saturated carbocycles. The Labute approximate surface area is 102 Å². The molecule has 0 bridgehead atoms. The van der Waals surface area contributed by atoms with Gasteiger partial charge in [0.1, 0.15) is 5.69 Å². The van der Waals surface area contributed by atoms with Crippen molar-refractivity contribution in [1.29, 1.82) is 0 Å². The molecule has 0 saturated heterocycles. The Kier molecular flexibility index (Phi) is 3.24. The van der Waals surface area contributed by atoms with Crippen molar-refractivity contribution in [3.63, 3.8) is 0 Å². The molecule has 1 fully saturated rings. The second kappa shape index (κ2) is 4.53. The first-order chi connectivity index (χ1) is 8.03. The fourth-order valence-electron chi connectivity index (χ4n) is 1.72. The average Bonchev–Trinajstić information content (AvgIpc) is 3.04. The number of nitrogens with one attached hydrogen (secondary N) is 1. The van der Waals surface area contributed by atoms with Crippen LogP contribution >= 0.6 is 0 Å². The van der Waals surface area contributed by atoms with Crippen molar-refractivity contribution in [2.75, 3.05) is 13.2 Å². The van der Waals surface area contributed by atoms with E-state index in [4.69, 9.17) is 5.11 Å². The van der Waals surface area contributed by atoms with Crippen LogP contribution < -0.4 is 5.32 Å². The summed E-state index contributed by atoms with van der Waals surface area (Å²) in [6.07, 6.45) is 4.29. The zero-order valence-electron chi connectivity index (χ0n) is 10.4. The van der Waals surface area contributed by atoms with Crippen LogP contribution in [0, 0.1) is 5.41 Å². The highest BCUT2D eigenvalue weighted by molar-refractivity contribution is 5.92. The van der Waals surface area contributed by atoms with Crippen LogP contribution in [0.4, 0.5) is 0 Å². The topological polar surface area (TPSA) is 54.3 Å². The smallest absolute Gasteiger partial charge is 0.267 e. The zero-order valence-corrected chi connectivity index (χ0v) is 10.4. The van der Waals surface area contributed by atoms with E-state index in [2.05, 4.69) is 5.32 Å². The van der Waals surface area contributed by atoms with Gasteiger partial charge in [0.15, 0.2) is 0 Å². The number of aromatic nitrogens is 1. The standard InChI is InChI=1S/C13H20N2O2/c1-13(2,9-16)8-14-12(17)11-4-3-7-15(11)10-5-6-10/h3-4,7,10,16H,5-6,8-9H2,1-2H3,(H,14,17). The summed E-state index contributed by atoms with van der Waals surface area (Å²) < 4.78 is 2.04. The molecule has 0 spiro atoms. The molecule has 4 heteroatoms. The summed E-state index contributed by atoms with van der Waals surface area (Å²) in [5, 5.41) is 12.0. The molecule has 1 aliphatic rings. The van der Waals surface area contributed by atoms with Crippen molar-refractivity contribution in [3.8, 4) is 0 Å². The first kappa shape index (κ1) is 12.2. The van der Waals surface area contributed by atoms with E-state index >= 15 is 0 Å². The fourth-order valence-corrected chi connectivity index (χ4v) is 1.72. The van der Waals surface area contributed by atoms with Gasteiger partial charge < -0.3 is 15.0 Å². The lowest BCUT2D eigenvalue weighted by atomic mass is 9.95. The Bertz CT molecular complexity index is 405. The predicted octanol–water partition coefficient (Wildman–Crippen LogP) is 1.57. The van der Waals surface area contributed by atoms with Crippen LogP contribution in [0.5, 0.6) is 0 Å². The molecular formula is C13H20N2O2. The SMILES string of the molecule is CC(C)(CO)CNC(=O)c1cccn1C1CC1. The van der Waals surface area contributed by atoms with Crippen LogP contribution in [0.25, 0.3) is 0 Å². The third-order valence-electron chi connectivity index (χ3n) is 3.11. The normalized spacial score (nSPS) is 15.9. The Morgan fingerprint density at radius 3 is 2.88 bits per heavy atom. The molecule has 1 aromatic rings. The summed E-state index contributed by atoms with van der Waals surface area (Å²) >= 11 is 0. The highest BCUT2D eigenvalue weighted by Gasteiger charge is 2.27. The number of nitrogens with zero attached hydrogens (tertiary/aromatic N) is 1. The number of amides is 1. The Hall–Kier alpha value is -1.29. The molecule has 0 radical (unpaired) electrons. The Balaban J connectivity index is 1.97. The monoisotopic (exact) mass is 236 g/mol. The van der Waals surface area contributed by atoms with Gasteiger partial charge in [0.25, 0.3) is 5.91 Å². The highest BCUT2D eigenvalue weighted by atomic mass is 16.3. The maximum Gasteiger partial charge on any atom is 0.267 e. The van der Waals surface area contributed by atoms with Crippen molar-refractivity contribution < 1.29 is 9.90 Å². The third kappa shape index (κ3) is 2.88. The predicted molar refractivity (Wildman–Crippen MR) is 65.9 cm³/mol. The van der Waals surface area contributed by atoms with E-state index in [1.165, 1.54) is 0 Å². The van der Waals surface area contributed by atoms with Crippen molar-refractivity contribution in [2.45, 2.75) is 32.7 Å². The van der Waals surface area contributed by atoms with Gasteiger partial charge in [0, 0.05) is 30.8 Å². The summed E-state index contributed by atoms with van der Waals surface area (Å²) in [6.45, 7) is 4.40. The van der Waals surface area contributed by atoms with Crippen LogP contribution in [0.1, 0.15) is 43.2 Å². The number of aliphatic hydroxyl groups excluding tert-OH is 1. The molecule has 1 aromatic heterocycles. The van der Waals surface area contributed by atoms with Crippen LogP contribution in [-0.4, -0.2) is 28.7 Å². The molecule has 0 atom stereocenters. The second-order valence-electron chi connectivity index (χ2n) is 5.54. The van der Waals surface area contributed by atoms with Crippen molar-refractivity contribution in [2.24, 2.45) is 5.41 Å². The van der Waals surface area contributed by atoms with E-state index in [1.807, 2.05) is 36.7 Å². The van der Waals surface area contributed by atoms with E-state index in [9.17, 15) is 4.79 Å². The van der Waals surface area contributed by atoms with Crippen LogP contribution in [0.2, 0.25) is 0 Å². The number of carbonyl (C=O) groups is 1. The minimum atomic E-state index is -0.271. The largest absolute Gasteiger partial charge is 0.396 e. The van der Waals surface area contributed by atoms with E-state index in [-0.39, 0.29) is 17.9 Å². The lowest BCUT2D eigenvalue weighted by molar-refractivity contribution is 0.0901. The quantitative estimate of drug-likeness (QED) is 0.815. The molecule has 0 aliphatic heterocycles. The minimum absolute atomic E-state index is 0.0524. The van der Waals surface area contributed by atoms with Gasteiger partial charge in [-0.3, -0.25) is 4.79 Å². The molecule has 2 rings (SSSR count). The number of hydrogen-bond donors (Lipinski definition) is 2. The molecule has 94 valence electrons. The number of carbonyl (C=O) groups excluding carboxylic acids is 1. The molecule has 0 aromatic carbocycles. The lowest BCUT2D eigenvalue weighted by Crippen LogP contribution is -2.36. The number of rotatable bonds is 5. The van der Waals surface area contributed by atoms with E-state index in [0.29, 0.717) is 12.6 Å². The Morgan fingerprint density at radius 1 is 1.59 bits per heavy atom. The van der Waals surface area contributed by atoms with Gasteiger partial charge in [-0.05, 0) is 25.0 Å². The summed E-state index contributed by atoms with van der Waals surface area (Å²) in [5.74, 6) is -0.0524. The molecular weight excluding hydrogens is 216 g/mol. The maximum atomic E-state index is 12.0. The molecule has 1 amide bonds. The van der Waals surface area contributed by atoms with E-state index in [1.54, 1.807) is 0 Å². The number of hydrogen-bond acceptors (Lipinski definition) is 2. The maximum absolute atomic E-state index is 12.0. The highest BCUT2D eigenvalue weighted by Crippen LogP contribution is 2.35. The van der Waals surface area contributed by atoms with Crippen LogP contribution in [0.3, 0.4) is 0 Å². The van der Waals surface area contributed by atoms with Gasteiger partial charge in [0.05, 0.1) is 0 Å². The molecule has 17 heavy (non-hydrogen) atoms. The molecule has 1 aliphatic carbocycles. The molecule has 4 nitrogen and oxygen atoms in total. The van der Waals surface area contributed by atoms with Crippen LogP contribution in [0.15, 0.2) is 18.3 Å².